The third-order valence-electron chi connectivity index (χ3n) is 3.71. The Kier molecular flexibility index (Phi) is 5.28. The lowest BCUT2D eigenvalue weighted by Crippen LogP contribution is -2.22. The maximum atomic E-state index is 12.4. The van der Waals surface area contributed by atoms with Crippen molar-refractivity contribution in [3.63, 3.8) is 0 Å². The summed E-state index contributed by atoms with van der Waals surface area (Å²) >= 11 is 1.41. The number of carbonyl (C=O) groups excluding carboxylic acids is 1. The molecule has 1 amide bonds. The summed E-state index contributed by atoms with van der Waals surface area (Å²) < 4.78 is 5.40. The third kappa shape index (κ3) is 4.33. The Balaban J connectivity index is 1.63. The number of aromatic amines is 1. The van der Waals surface area contributed by atoms with Crippen LogP contribution < -0.4 is 10.1 Å². The number of ether oxygens (including phenoxy) is 1. The number of fused-ring (bicyclic) bond motifs is 1. The molecule has 0 saturated heterocycles. The molecule has 130 valence electrons. The first-order valence-electron chi connectivity index (χ1n) is 8.22. The Morgan fingerprint density at radius 3 is 2.76 bits per heavy atom. The maximum absolute atomic E-state index is 12.4. The fourth-order valence-electron chi connectivity index (χ4n) is 2.42. The topological polar surface area (TPSA) is 67.0 Å². The van der Waals surface area contributed by atoms with Gasteiger partial charge >= 0.3 is 0 Å². The lowest BCUT2D eigenvalue weighted by Gasteiger charge is -2.11. The number of anilines is 1. The van der Waals surface area contributed by atoms with E-state index < -0.39 is 0 Å². The number of H-pyrrole nitrogens is 1. The van der Waals surface area contributed by atoms with Gasteiger partial charge in [-0.2, -0.15) is 0 Å². The summed E-state index contributed by atoms with van der Waals surface area (Å²) in [5.41, 5.74) is 3.82. The van der Waals surface area contributed by atoms with Crippen LogP contribution in [0.4, 0.5) is 5.69 Å². The number of nitrogens with zero attached hydrogens (tertiary/aromatic N) is 1. The van der Waals surface area contributed by atoms with Crippen LogP contribution in [-0.4, -0.2) is 27.7 Å². The fourth-order valence-corrected chi connectivity index (χ4v) is 3.24. The molecule has 1 unspecified atom stereocenters. The van der Waals surface area contributed by atoms with Gasteiger partial charge in [0.1, 0.15) is 5.75 Å². The normalized spacial score (nSPS) is 12.1. The first kappa shape index (κ1) is 17.4. The number of aromatic nitrogens is 2. The number of amides is 1. The van der Waals surface area contributed by atoms with Gasteiger partial charge in [0, 0.05) is 5.69 Å². The average Bonchev–Trinajstić information content (AvgIpc) is 2.98. The van der Waals surface area contributed by atoms with Crippen LogP contribution in [0.2, 0.25) is 0 Å². The van der Waals surface area contributed by atoms with E-state index in [2.05, 4.69) is 21.4 Å². The molecule has 1 atom stereocenters. The highest BCUT2D eigenvalue weighted by Gasteiger charge is 2.17. The molecule has 6 heteroatoms. The lowest BCUT2D eigenvalue weighted by molar-refractivity contribution is -0.115. The van der Waals surface area contributed by atoms with Gasteiger partial charge < -0.3 is 15.0 Å². The molecule has 25 heavy (non-hydrogen) atoms. The van der Waals surface area contributed by atoms with Crippen molar-refractivity contribution in [2.24, 2.45) is 0 Å². The van der Waals surface area contributed by atoms with Crippen LogP contribution in [0.1, 0.15) is 19.4 Å². The zero-order valence-corrected chi connectivity index (χ0v) is 15.3. The summed E-state index contributed by atoms with van der Waals surface area (Å²) in [6, 6.07) is 13.4. The highest BCUT2D eigenvalue weighted by molar-refractivity contribution is 8.00. The Bertz CT molecular complexity index is 874. The SMILES string of the molecule is CCOc1ccc(NC(=O)C(C)Sc2nc3ccc(C)cc3[nH]2)cc1. The second-order valence-corrected chi connectivity index (χ2v) is 7.10. The van der Waals surface area contributed by atoms with Crippen molar-refractivity contribution in [2.75, 3.05) is 11.9 Å². The number of thioether (sulfide) groups is 1. The smallest absolute Gasteiger partial charge is 0.237 e. The Hall–Kier alpha value is -2.47. The molecule has 2 aromatic carbocycles. The van der Waals surface area contributed by atoms with Crippen molar-refractivity contribution < 1.29 is 9.53 Å². The van der Waals surface area contributed by atoms with Gasteiger partial charge in [-0.3, -0.25) is 4.79 Å². The highest BCUT2D eigenvalue weighted by atomic mass is 32.2. The lowest BCUT2D eigenvalue weighted by atomic mass is 10.2. The molecule has 0 aliphatic carbocycles. The van der Waals surface area contributed by atoms with Crippen LogP contribution in [0.3, 0.4) is 0 Å². The Labute approximate surface area is 151 Å². The molecule has 0 saturated carbocycles. The predicted octanol–water partition coefficient (Wildman–Crippen LogP) is 4.39. The van der Waals surface area contributed by atoms with Crippen molar-refractivity contribution in [3.8, 4) is 5.75 Å². The molecule has 0 fully saturated rings. The number of hydrogen-bond donors (Lipinski definition) is 2. The van der Waals surface area contributed by atoms with Crippen molar-refractivity contribution in [1.29, 1.82) is 0 Å². The third-order valence-corrected chi connectivity index (χ3v) is 4.69. The summed E-state index contributed by atoms with van der Waals surface area (Å²) in [4.78, 5) is 20.2. The van der Waals surface area contributed by atoms with E-state index in [4.69, 9.17) is 4.74 Å². The standard InChI is InChI=1S/C19H21N3O2S/c1-4-24-15-8-6-14(7-9-15)20-18(23)13(3)25-19-21-16-10-5-12(2)11-17(16)22-19/h5-11,13H,4H2,1-3H3,(H,20,23)(H,21,22). The number of rotatable bonds is 6. The van der Waals surface area contributed by atoms with Crippen LogP contribution in [0.15, 0.2) is 47.6 Å². The number of imidazole rings is 1. The van der Waals surface area contributed by atoms with Crippen molar-refractivity contribution in [3.05, 3.63) is 48.0 Å². The van der Waals surface area contributed by atoms with E-state index in [0.717, 1.165) is 27.6 Å². The van der Waals surface area contributed by atoms with E-state index in [1.165, 1.54) is 17.3 Å². The first-order valence-corrected chi connectivity index (χ1v) is 9.10. The molecule has 3 rings (SSSR count). The summed E-state index contributed by atoms with van der Waals surface area (Å²) in [6.07, 6.45) is 0. The zero-order valence-electron chi connectivity index (χ0n) is 14.5. The van der Waals surface area contributed by atoms with Crippen LogP contribution in [0, 0.1) is 6.92 Å². The summed E-state index contributed by atoms with van der Waals surface area (Å²) in [6.45, 7) is 6.47. The summed E-state index contributed by atoms with van der Waals surface area (Å²) in [5.74, 6) is 0.728. The minimum absolute atomic E-state index is 0.0641. The molecule has 1 aromatic heterocycles. The van der Waals surface area contributed by atoms with Gasteiger partial charge in [-0.15, -0.1) is 0 Å². The van der Waals surface area contributed by atoms with E-state index >= 15 is 0 Å². The van der Waals surface area contributed by atoms with Crippen molar-refractivity contribution >= 4 is 34.4 Å². The molecule has 5 nitrogen and oxygen atoms in total. The van der Waals surface area contributed by atoms with Crippen LogP contribution >= 0.6 is 11.8 Å². The molecule has 1 heterocycles. The molecule has 0 bridgehead atoms. The number of nitrogens with one attached hydrogen (secondary N) is 2. The number of hydrogen-bond acceptors (Lipinski definition) is 4. The molecule has 3 aromatic rings. The van der Waals surface area contributed by atoms with E-state index in [-0.39, 0.29) is 11.2 Å². The largest absolute Gasteiger partial charge is 0.494 e. The fraction of sp³-hybridized carbons (Fsp3) is 0.263. The molecular weight excluding hydrogens is 334 g/mol. The molecule has 0 aliphatic rings. The van der Waals surface area contributed by atoms with Gasteiger partial charge in [0.15, 0.2) is 5.16 Å². The number of carbonyl (C=O) groups is 1. The second-order valence-electron chi connectivity index (χ2n) is 5.77. The summed E-state index contributed by atoms with van der Waals surface area (Å²) in [7, 11) is 0. The van der Waals surface area contributed by atoms with E-state index in [9.17, 15) is 4.79 Å². The average molecular weight is 355 g/mol. The number of benzene rings is 2. The molecule has 0 spiro atoms. The monoisotopic (exact) mass is 355 g/mol. The Morgan fingerprint density at radius 1 is 1.28 bits per heavy atom. The first-order chi connectivity index (χ1) is 12.0. The molecule has 2 N–H and O–H groups in total. The van der Waals surface area contributed by atoms with Gasteiger partial charge in [0.2, 0.25) is 5.91 Å². The molecule has 0 radical (unpaired) electrons. The molecular formula is C19H21N3O2S. The van der Waals surface area contributed by atoms with Gasteiger partial charge in [-0.25, -0.2) is 4.98 Å². The van der Waals surface area contributed by atoms with Crippen LogP contribution in [0.25, 0.3) is 11.0 Å². The number of aryl methyl sites for hydroxylation is 1. The van der Waals surface area contributed by atoms with Gasteiger partial charge in [0.25, 0.3) is 0 Å². The van der Waals surface area contributed by atoms with E-state index in [0.29, 0.717) is 6.61 Å². The maximum Gasteiger partial charge on any atom is 0.237 e. The summed E-state index contributed by atoms with van der Waals surface area (Å²) in [5, 5.41) is 3.39. The van der Waals surface area contributed by atoms with Gasteiger partial charge in [-0.05, 0) is 62.7 Å². The van der Waals surface area contributed by atoms with Crippen molar-refractivity contribution in [2.45, 2.75) is 31.2 Å². The molecule has 0 aliphatic heterocycles. The van der Waals surface area contributed by atoms with Crippen LogP contribution in [0.5, 0.6) is 5.75 Å². The van der Waals surface area contributed by atoms with E-state index in [1.807, 2.05) is 57.2 Å². The van der Waals surface area contributed by atoms with E-state index in [1.54, 1.807) is 0 Å². The minimum atomic E-state index is -0.270. The van der Waals surface area contributed by atoms with Gasteiger partial charge in [-0.1, -0.05) is 17.8 Å². The highest BCUT2D eigenvalue weighted by Crippen LogP contribution is 2.25. The predicted molar refractivity (Wildman–Crippen MR) is 102 cm³/mol. The van der Waals surface area contributed by atoms with Gasteiger partial charge in [0.05, 0.1) is 22.9 Å². The second kappa shape index (κ2) is 7.61. The minimum Gasteiger partial charge on any atom is -0.494 e. The van der Waals surface area contributed by atoms with Crippen LogP contribution in [-0.2, 0) is 4.79 Å². The quantitative estimate of drug-likeness (QED) is 0.644. The van der Waals surface area contributed by atoms with Crippen molar-refractivity contribution in [1.82, 2.24) is 9.97 Å². The zero-order chi connectivity index (χ0) is 17.8. The Morgan fingerprint density at radius 2 is 2.04 bits per heavy atom.